The number of hydrogen-bond acceptors (Lipinski definition) is 7. The number of aromatic nitrogens is 2. The molecule has 0 N–H and O–H groups in total. The SMILES string of the molecule is COc1ccccc1N1CCN(c2cc(N3CCOCC3)ncn2)CC1. The Kier molecular flexibility index (Phi) is 5.06. The number of nitrogens with zero attached hydrogens (tertiary/aromatic N) is 5. The third-order valence-electron chi connectivity index (χ3n) is 5.00. The van der Waals surface area contributed by atoms with Crippen LogP contribution in [0.2, 0.25) is 0 Å². The first-order chi connectivity index (χ1) is 12.8. The molecule has 1 aromatic heterocycles. The summed E-state index contributed by atoms with van der Waals surface area (Å²) in [5, 5.41) is 0. The first-order valence-corrected chi connectivity index (χ1v) is 9.13. The average Bonchev–Trinajstić information content (AvgIpc) is 2.74. The first kappa shape index (κ1) is 16.9. The van der Waals surface area contributed by atoms with Crippen molar-refractivity contribution in [3.05, 3.63) is 36.7 Å². The van der Waals surface area contributed by atoms with E-state index in [4.69, 9.17) is 9.47 Å². The van der Waals surface area contributed by atoms with E-state index in [1.165, 1.54) is 0 Å². The molecule has 0 spiro atoms. The van der Waals surface area contributed by atoms with Crippen molar-refractivity contribution in [1.29, 1.82) is 0 Å². The van der Waals surface area contributed by atoms with Gasteiger partial charge in [-0.25, -0.2) is 9.97 Å². The van der Waals surface area contributed by atoms with Crippen LogP contribution < -0.4 is 19.4 Å². The predicted octanol–water partition coefficient (Wildman–Crippen LogP) is 1.65. The van der Waals surface area contributed by atoms with Gasteiger partial charge >= 0.3 is 0 Å². The van der Waals surface area contributed by atoms with E-state index in [-0.39, 0.29) is 0 Å². The summed E-state index contributed by atoms with van der Waals surface area (Å²) in [6, 6.07) is 10.3. The summed E-state index contributed by atoms with van der Waals surface area (Å²) in [6.45, 7) is 7.04. The Morgan fingerprint density at radius 1 is 0.846 bits per heavy atom. The molecule has 0 unspecified atom stereocenters. The Bertz CT molecular complexity index is 727. The number of morpholine rings is 1. The van der Waals surface area contributed by atoms with Crippen LogP contribution in [0, 0.1) is 0 Å². The molecule has 2 saturated heterocycles. The minimum Gasteiger partial charge on any atom is -0.495 e. The summed E-state index contributed by atoms with van der Waals surface area (Å²) in [7, 11) is 1.73. The Hall–Kier alpha value is -2.54. The van der Waals surface area contributed by atoms with E-state index in [9.17, 15) is 0 Å². The zero-order valence-corrected chi connectivity index (χ0v) is 15.2. The molecule has 0 bridgehead atoms. The van der Waals surface area contributed by atoms with Crippen molar-refractivity contribution in [2.24, 2.45) is 0 Å². The highest BCUT2D eigenvalue weighted by atomic mass is 16.5. The number of ether oxygens (including phenoxy) is 2. The number of methoxy groups -OCH3 is 1. The quantitative estimate of drug-likeness (QED) is 0.826. The van der Waals surface area contributed by atoms with Crippen LogP contribution in [0.25, 0.3) is 0 Å². The maximum absolute atomic E-state index is 5.50. The molecule has 1 aromatic carbocycles. The molecule has 2 aromatic rings. The molecule has 0 atom stereocenters. The van der Waals surface area contributed by atoms with Gasteiger partial charge in [-0.15, -0.1) is 0 Å². The molecule has 26 heavy (non-hydrogen) atoms. The van der Waals surface area contributed by atoms with E-state index in [0.717, 1.165) is 75.6 Å². The first-order valence-electron chi connectivity index (χ1n) is 9.13. The number of piperazine rings is 1. The van der Waals surface area contributed by atoms with Crippen LogP contribution in [0.3, 0.4) is 0 Å². The van der Waals surface area contributed by atoms with Gasteiger partial charge in [0.25, 0.3) is 0 Å². The highest BCUT2D eigenvalue weighted by Crippen LogP contribution is 2.29. The van der Waals surface area contributed by atoms with Crippen molar-refractivity contribution in [1.82, 2.24) is 9.97 Å². The van der Waals surface area contributed by atoms with Gasteiger partial charge in [0.15, 0.2) is 0 Å². The van der Waals surface area contributed by atoms with Crippen molar-refractivity contribution in [2.75, 3.05) is 74.3 Å². The molecule has 2 fully saturated rings. The number of rotatable bonds is 4. The van der Waals surface area contributed by atoms with E-state index < -0.39 is 0 Å². The Morgan fingerprint density at radius 3 is 2.15 bits per heavy atom. The van der Waals surface area contributed by atoms with Crippen LogP contribution in [0.4, 0.5) is 17.3 Å². The highest BCUT2D eigenvalue weighted by Gasteiger charge is 2.21. The Balaban J connectivity index is 1.43. The second-order valence-corrected chi connectivity index (χ2v) is 6.48. The molecule has 3 heterocycles. The fraction of sp³-hybridized carbons (Fsp3) is 0.474. The van der Waals surface area contributed by atoms with Crippen LogP contribution >= 0.6 is 0 Å². The second-order valence-electron chi connectivity index (χ2n) is 6.48. The Labute approximate surface area is 154 Å². The lowest BCUT2D eigenvalue weighted by atomic mass is 10.2. The van der Waals surface area contributed by atoms with Crippen molar-refractivity contribution < 1.29 is 9.47 Å². The topological polar surface area (TPSA) is 54.0 Å². The Morgan fingerprint density at radius 2 is 1.46 bits per heavy atom. The van der Waals surface area contributed by atoms with Gasteiger partial charge < -0.3 is 24.2 Å². The van der Waals surface area contributed by atoms with E-state index in [1.54, 1.807) is 13.4 Å². The molecule has 7 nitrogen and oxygen atoms in total. The maximum atomic E-state index is 5.50. The summed E-state index contributed by atoms with van der Waals surface area (Å²) < 4.78 is 10.9. The normalized spacial score (nSPS) is 18.1. The standard InChI is InChI=1S/C19H25N5O2/c1-25-17-5-3-2-4-16(17)22-6-8-23(9-7-22)18-14-19(21-15-20-18)24-10-12-26-13-11-24/h2-5,14-15H,6-13H2,1H3. The molecular weight excluding hydrogens is 330 g/mol. The summed E-state index contributed by atoms with van der Waals surface area (Å²) in [6.07, 6.45) is 1.67. The largest absolute Gasteiger partial charge is 0.495 e. The molecule has 0 saturated carbocycles. The number of benzene rings is 1. The smallest absolute Gasteiger partial charge is 0.142 e. The van der Waals surface area contributed by atoms with Crippen molar-refractivity contribution >= 4 is 17.3 Å². The van der Waals surface area contributed by atoms with Crippen LogP contribution in [-0.2, 0) is 4.74 Å². The van der Waals surface area contributed by atoms with Gasteiger partial charge in [0, 0.05) is 45.3 Å². The van der Waals surface area contributed by atoms with Crippen molar-refractivity contribution in [3.8, 4) is 5.75 Å². The van der Waals surface area contributed by atoms with Gasteiger partial charge in [0.1, 0.15) is 23.7 Å². The molecular formula is C19H25N5O2. The summed E-state index contributed by atoms with van der Waals surface area (Å²) >= 11 is 0. The third kappa shape index (κ3) is 3.53. The monoisotopic (exact) mass is 355 g/mol. The molecule has 2 aliphatic heterocycles. The van der Waals surface area contributed by atoms with E-state index >= 15 is 0 Å². The van der Waals surface area contributed by atoms with Crippen LogP contribution in [-0.4, -0.2) is 69.6 Å². The van der Waals surface area contributed by atoms with Crippen LogP contribution in [0.15, 0.2) is 36.7 Å². The molecule has 0 radical (unpaired) electrons. The van der Waals surface area contributed by atoms with E-state index in [2.05, 4.69) is 42.9 Å². The predicted molar refractivity (Wildman–Crippen MR) is 102 cm³/mol. The summed E-state index contributed by atoms with van der Waals surface area (Å²) in [4.78, 5) is 15.9. The minimum absolute atomic E-state index is 0.761. The zero-order valence-electron chi connectivity index (χ0n) is 15.2. The minimum atomic E-state index is 0.761. The van der Waals surface area contributed by atoms with Crippen molar-refractivity contribution in [3.63, 3.8) is 0 Å². The molecule has 4 rings (SSSR count). The zero-order chi connectivity index (χ0) is 17.8. The van der Waals surface area contributed by atoms with Gasteiger partial charge in [0.2, 0.25) is 0 Å². The van der Waals surface area contributed by atoms with E-state index in [1.807, 2.05) is 12.1 Å². The summed E-state index contributed by atoms with van der Waals surface area (Å²) in [5.41, 5.74) is 1.16. The maximum Gasteiger partial charge on any atom is 0.142 e. The highest BCUT2D eigenvalue weighted by molar-refractivity contribution is 5.60. The van der Waals surface area contributed by atoms with Gasteiger partial charge in [-0.3, -0.25) is 0 Å². The lowest BCUT2D eigenvalue weighted by molar-refractivity contribution is 0.122. The summed E-state index contributed by atoms with van der Waals surface area (Å²) in [5.74, 6) is 2.92. The van der Waals surface area contributed by atoms with Gasteiger partial charge in [-0.1, -0.05) is 12.1 Å². The van der Waals surface area contributed by atoms with E-state index in [0.29, 0.717) is 0 Å². The average molecular weight is 355 g/mol. The van der Waals surface area contributed by atoms with Gasteiger partial charge in [-0.2, -0.15) is 0 Å². The molecule has 7 heteroatoms. The van der Waals surface area contributed by atoms with Gasteiger partial charge in [-0.05, 0) is 12.1 Å². The number of anilines is 3. The molecule has 0 aliphatic carbocycles. The lowest BCUT2D eigenvalue weighted by Crippen LogP contribution is -2.47. The fourth-order valence-electron chi connectivity index (χ4n) is 3.54. The number of hydrogen-bond donors (Lipinski definition) is 0. The third-order valence-corrected chi connectivity index (χ3v) is 5.00. The molecule has 0 amide bonds. The van der Waals surface area contributed by atoms with Crippen LogP contribution in [0.1, 0.15) is 0 Å². The van der Waals surface area contributed by atoms with Crippen LogP contribution in [0.5, 0.6) is 5.75 Å². The molecule has 2 aliphatic rings. The second kappa shape index (κ2) is 7.78. The lowest BCUT2D eigenvalue weighted by Gasteiger charge is -2.37. The van der Waals surface area contributed by atoms with Crippen molar-refractivity contribution in [2.45, 2.75) is 0 Å². The van der Waals surface area contributed by atoms with Gasteiger partial charge in [0.05, 0.1) is 26.0 Å². The number of para-hydroxylation sites is 2. The fourth-order valence-corrected chi connectivity index (χ4v) is 3.54. The molecule has 138 valence electrons.